The van der Waals surface area contributed by atoms with E-state index in [2.05, 4.69) is 11.9 Å². The highest BCUT2D eigenvalue weighted by atomic mass is 16.5. The SMILES string of the molecule is CCC1OCCC1c1nc(COC)c(C(=O)OC)o1. The van der Waals surface area contributed by atoms with Crippen molar-refractivity contribution in [2.75, 3.05) is 20.8 Å². The molecule has 1 aromatic rings. The number of carbonyl (C=O) groups excluding carboxylic acids is 1. The van der Waals surface area contributed by atoms with Gasteiger partial charge in [0.25, 0.3) is 0 Å². The molecule has 1 aromatic heterocycles. The lowest BCUT2D eigenvalue weighted by Crippen LogP contribution is -2.13. The first-order valence-electron chi connectivity index (χ1n) is 6.39. The summed E-state index contributed by atoms with van der Waals surface area (Å²) in [5.41, 5.74) is 0.478. The van der Waals surface area contributed by atoms with Crippen molar-refractivity contribution < 1.29 is 23.4 Å². The average molecular weight is 269 g/mol. The van der Waals surface area contributed by atoms with Gasteiger partial charge < -0.3 is 18.6 Å². The predicted molar refractivity (Wildman–Crippen MR) is 65.9 cm³/mol. The number of aromatic nitrogens is 1. The van der Waals surface area contributed by atoms with Crippen LogP contribution >= 0.6 is 0 Å². The zero-order valence-electron chi connectivity index (χ0n) is 11.5. The Balaban J connectivity index is 2.28. The minimum Gasteiger partial charge on any atom is -0.463 e. The number of ether oxygens (including phenoxy) is 3. The Morgan fingerprint density at radius 2 is 2.26 bits per heavy atom. The lowest BCUT2D eigenvalue weighted by atomic mass is 10.00. The Bertz CT molecular complexity index is 442. The quantitative estimate of drug-likeness (QED) is 0.760. The van der Waals surface area contributed by atoms with Crippen LogP contribution in [0.15, 0.2) is 4.42 Å². The van der Waals surface area contributed by atoms with Gasteiger partial charge in [0.2, 0.25) is 11.7 Å². The molecule has 2 unspecified atom stereocenters. The van der Waals surface area contributed by atoms with Crippen LogP contribution in [0.5, 0.6) is 0 Å². The fourth-order valence-electron chi connectivity index (χ4n) is 2.35. The third-order valence-corrected chi connectivity index (χ3v) is 3.29. The van der Waals surface area contributed by atoms with Crippen molar-refractivity contribution in [3.63, 3.8) is 0 Å². The van der Waals surface area contributed by atoms with Gasteiger partial charge in [0.15, 0.2) is 0 Å². The predicted octanol–water partition coefficient (Wildman–Crippen LogP) is 1.89. The number of hydrogen-bond donors (Lipinski definition) is 0. The summed E-state index contributed by atoms with van der Waals surface area (Å²) in [5.74, 6) is 0.231. The molecular formula is C13H19NO5. The van der Waals surface area contributed by atoms with Crippen molar-refractivity contribution in [2.24, 2.45) is 0 Å². The Hall–Kier alpha value is -1.40. The summed E-state index contributed by atoms with van der Waals surface area (Å²) < 4.78 is 20.9. The second kappa shape index (κ2) is 6.16. The van der Waals surface area contributed by atoms with E-state index in [4.69, 9.17) is 18.6 Å². The molecule has 0 spiro atoms. The number of rotatable bonds is 5. The molecule has 0 radical (unpaired) electrons. The standard InChI is InChI=1S/C13H19NO5/c1-4-10-8(5-6-18-10)12-14-9(7-16-2)11(19-12)13(15)17-3/h8,10H,4-7H2,1-3H3. The van der Waals surface area contributed by atoms with E-state index in [0.29, 0.717) is 18.2 Å². The number of oxazole rings is 1. The first-order valence-corrected chi connectivity index (χ1v) is 6.39. The molecule has 2 heterocycles. The van der Waals surface area contributed by atoms with Gasteiger partial charge in [-0.2, -0.15) is 0 Å². The van der Waals surface area contributed by atoms with Crippen LogP contribution in [0, 0.1) is 0 Å². The molecule has 19 heavy (non-hydrogen) atoms. The van der Waals surface area contributed by atoms with Crippen molar-refractivity contribution in [3.05, 3.63) is 17.3 Å². The summed E-state index contributed by atoms with van der Waals surface area (Å²) in [5, 5.41) is 0. The first-order chi connectivity index (χ1) is 9.21. The van der Waals surface area contributed by atoms with E-state index in [1.165, 1.54) is 7.11 Å². The normalized spacial score (nSPS) is 22.7. The molecule has 0 amide bonds. The van der Waals surface area contributed by atoms with Crippen molar-refractivity contribution in [3.8, 4) is 0 Å². The molecule has 1 fully saturated rings. The number of esters is 1. The van der Waals surface area contributed by atoms with Gasteiger partial charge in [-0.1, -0.05) is 6.92 Å². The molecule has 1 aliphatic rings. The summed E-state index contributed by atoms with van der Waals surface area (Å²) in [6, 6.07) is 0. The minimum absolute atomic E-state index is 0.0963. The Morgan fingerprint density at radius 1 is 1.47 bits per heavy atom. The number of carbonyl (C=O) groups is 1. The van der Waals surface area contributed by atoms with E-state index >= 15 is 0 Å². The maximum Gasteiger partial charge on any atom is 0.376 e. The zero-order valence-corrected chi connectivity index (χ0v) is 11.5. The van der Waals surface area contributed by atoms with Crippen molar-refractivity contribution in [2.45, 2.75) is 38.4 Å². The lowest BCUT2D eigenvalue weighted by Gasteiger charge is -2.12. The fraction of sp³-hybridized carbons (Fsp3) is 0.692. The highest BCUT2D eigenvalue weighted by Crippen LogP contribution is 2.33. The molecule has 2 atom stereocenters. The molecule has 106 valence electrons. The molecule has 0 aliphatic carbocycles. The Labute approximate surface area is 112 Å². The number of hydrogen-bond acceptors (Lipinski definition) is 6. The van der Waals surface area contributed by atoms with Gasteiger partial charge in [0.1, 0.15) is 5.69 Å². The molecule has 0 bridgehead atoms. The largest absolute Gasteiger partial charge is 0.463 e. The third kappa shape index (κ3) is 2.79. The molecule has 0 N–H and O–H groups in total. The Kier molecular flexibility index (Phi) is 4.55. The van der Waals surface area contributed by atoms with Gasteiger partial charge >= 0.3 is 5.97 Å². The highest BCUT2D eigenvalue weighted by molar-refractivity contribution is 5.87. The molecule has 0 saturated carbocycles. The van der Waals surface area contributed by atoms with Crippen LogP contribution < -0.4 is 0 Å². The second-order valence-corrected chi connectivity index (χ2v) is 4.47. The van der Waals surface area contributed by atoms with Crippen LogP contribution in [0.2, 0.25) is 0 Å². The molecule has 2 rings (SSSR count). The van der Waals surface area contributed by atoms with Gasteiger partial charge in [-0.25, -0.2) is 9.78 Å². The summed E-state index contributed by atoms with van der Waals surface area (Å²) in [4.78, 5) is 16.0. The summed E-state index contributed by atoms with van der Waals surface area (Å²) in [6.45, 7) is 2.97. The van der Waals surface area contributed by atoms with E-state index < -0.39 is 5.97 Å². The first kappa shape index (κ1) is 14.0. The third-order valence-electron chi connectivity index (χ3n) is 3.29. The number of methoxy groups -OCH3 is 2. The Morgan fingerprint density at radius 3 is 2.89 bits per heavy atom. The monoisotopic (exact) mass is 269 g/mol. The molecule has 6 nitrogen and oxygen atoms in total. The van der Waals surface area contributed by atoms with Crippen molar-refractivity contribution in [1.82, 2.24) is 4.98 Å². The minimum atomic E-state index is -0.530. The lowest BCUT2D eigenvalue weighted by molar-refractivity contribution is 0.0552. The smallest absolute Gasteiger partial charge is 0.376 e. The second-order valence-electron chi connectivity index (χ2n) is 4.47. The maximum absolute atomic E-state index is 11.6. The van der Waals surface area contributed by atoms with Crippen LogP contribution in [0.1, 0.15) is 47.8 Å². The van der Waals surface area contributed by atoms with Crippen LogP contribution in [0.25, 0.3) is 0 Å². The van der Waals surface area contributed by atoms with Gasteiger partial charge in [-0.3, -0.25) is 0 Å². The average Bonchev–Trinajstić information content (AvgIpc) is 3.03. The van der Waals surface area contributed by atoms with Crippen LogP contribution in [0.3, 0.4) is 0 Å². The van der Waals surface area contributed by atoms with E-state index in [1.807, 2.05) is 0 Å². The number of nitrogens with zero attached hydrogens (tertiary/aromatic N) is 1. The van der Waals surface area contributed by atoms with Gasteiger partial charge in [-0.05, 0) is 12.8 Å². The van der Waals surface area contributed by atoms with Crippen molar-refractivity contribution >= 4 is 5.97 Å². The maximum atomic E-state index is 11.6. The summed E-state index contributed by atoms with van der Waals surface area (Å²) >= 11 is 0. The molecule has 6 heteroatoms. The molecule has 1 saturated heterocycles. The van der Waals surface area contributed by atoms with E-state index in [1.54, 1.807) is 7.11 Å². The summed E-state index contributed by atoms with van der Waals surface area (Å²) in [7, 11) is 2.86. The zero-order chi connectivity index (χ0) is 13.8. The van der Waals surface area contributed by atoms with Crippen LogP contribution in [-0.2, 0) is 20.8 Å². The fourth-order valence-corrected chi connectivity index (χ4v) is 2.35. The van der Waals surface area contributed by atoms with Gasteiger partial charge in [-0.15, -0.1) is 0 Å². The van der Waals surface area contributed by atoms with Crippen molar-refractivity contribution in [1.29, 1.82) is 0 Å². The van der Waals surface area contributed by atoms with E-state index in [9.17, 15) is 4.79 Å². The summed E-state index contributed by atoms with van der Waals surface area (Å²) in [6.07, 6.45) is 1.84. The van der Waals surface area contributed by atoms with Crippen LogP contribution in [0.4, 0.5) is 0 Å². The van der Waals surface area contributed by atoms with Gasteiger partial charge in [0.05, 0.1) is 25.7 Å². The molecule has 1 aliphatic heterocycles. The van der Waals surface area contributed by atoms with E-state index in [0.717, 1.165) is 12.8 Å². The van der Waals surface area contributed by atoms with E-state index in [-0.39, 0.29) is 24.4 Å². The van der Waals surface area contributed by atoms with Gasteiger partial charge in [0, 0.05) is 13.7 Å². The highest BCUT2D eigenvalue weighted by Gasteiger charge is 2.34. The topological polar surface area (TPSA) is 70.8 Å². The molecule has 0 aromatic carbocycles. The molecular weight excluding hydrogens is 250 g/mol. The van der Waals surface area contributed by atoms with Crippen LogP contribution in [-0.4, -0.2) is 37.9 Å².